The smallest absolute Gasteiger partial charge is 0.258 e. The van der Waals surface area contributed by atoms with E-state index in [1.807, 2.05) is 33.9 Å². The van der Waals surface area contributed by atoms with Crippen LogP contribution in [-0.2, 0) is 6.42 Å². The molecule has 0 bridgehead atoms. The van der Waals surface area contributed by atoms with E-state index in [-0.39, 0.29) is 11.3 Å². The lowest BCUT2D eigenvalue weighted by molar-refractivity contribution is 0.0984. The topological polar surface area (TPSA) is 51.5 Å². The molecule has 2 heterocycles. The Morgan fingerprint density at radius 1 is 1.09 bits per heavy atom. The van der Waals surface area contributed by atoms with Gasteiger partial charge >= 0.3 is 0 Å². The minimum atomic E-state index is -0.0229. The quantitative estimate of drug-likeness (QED) is 0.391. The molecule has 0 N–H and O–H groups in total. The number of aldehydes is 1. The molecule has 0 fully saturated rings. The number of benzene rings is 2. The van der Waals surface area contributed by atoms with Gasteiger partial charge in [0.15, 0.2) is 6.29 Å². The first kappa shape index (κ1) is 21.3. The molecule has 0 saturated carbocycles. The Hall–Kier alpha value is -3.60. The van der Waals surface area contributed by atoms with Crippen molar-refractivity contribution in [3.63, 3.8) is 0 Å². The highest BCUT2D eigenvalue weighted by atomic mass is 16.5. The Balaban J connectivity index is 1.49. The maximum absolute atomic E-state index is 13.8. The standard InChI is InChI=1S/C28H28N2O3/c1-33-26-17-22(9-10-25(26)29-15-11-21(19-29)20-31)27(32)30-16-14-28(12-5-2-6-13-28)18-23-7-3-4-8-24(23)30/h3-5,7-12,15,17,19-20H,2,6,13-14,16,18H2,1H3. The number of rotatable bonds is 4. The van der Waals surface area contributed by atoms with Gasteiger partial charge in [0.25, 0.3) is 5.91 Å². The van der Waals surface area contributed by atoms with Gasteiger partial charge in [-0.3, -0.25) is 9.59 Å². The molecule has 2 aliphatic rings. The van der Waals surface area contributed by atoms with E-state index in [9.17, 15) is 9.59 Å². The van der Waals surface area contributed by atoms with Crippen molar-refractivity contribution in [3.8, 4) is 11.4 Å². The van der Waals surface area contributed by atoms with Crippen molar-refractivity contribution in [3.05, 3.63) is 89.8 Å². The van der Waals surface area contributed by atoms with Crippen LogP contribution in [0.4, 0.5) is 5.69 Å². The van der Waals surface area contributed by atoms with Crippen LogP contribution in [0.3, 0.4) is 0 Å². The minimum Gasteiger partial charge on any atom is -0.495 e. The van der Waals surface area contributed by atoms with E-state index in [1.54, 1.807) is 25.4 Å². The molecule has 1 unspecified atom stereocenters. The average molecular weight is 441 g/mol. The number of carbonyl (C=O) groups excluding carboxylic acids is 2. The lowest BCUT2D eigenvalue weighted by Gasteiger charge is -2.32. The summed E-state index contributed by atoms with van der Waals surface area (Å²) in [6.45, 7) is 0.685. The van der Waals surface area contributed by atoms with Gasteiger partial charge in [-0.25, -0.2) is 0 Å². The molecular weight excluding hydrogens is 412 g/mol. The third-order valence-electron chi connectivity index (χ3n) is 6.98. The van der Waals surface area contributed by atoms with Gasteiger partial charge in [0.1, 0.15) is 5.75 Å². The van der Waals surface area contributed by atoms with Gasteiger partial charge in [0.2, 0.25) is 0 Å². The van der Waals surface area contributed by atoms with E-state index in [0.29, 0.717) is 23.4 Å². The number of aromatic nitrogens is 1. The lowest BCUT2D eigenvalue weighted by Crippen LogP contribution is -2.33. The Labute approximate surface area is 194 Å². The number of anilines is 1. The monoisotopic (exact) mass is 440 g/mol. The first-order valence-corrected chi connectivity index (χ1v) is 11.5. The Kier molecular flexibility index (Phi) is 5.63. The van der Waals surface area contributed by atoms with E-state index in [2.05, 4.69) is 30.4 Å². The first-order valence-electron chi connectivity index (χ1n) is 11.5. The number of nitrogens with zero attached hydrogens (tertiary/aromatic N) is 2. The highest BCUT2D eigenvalue weighted by molar-refractivity contribution is 6.07. The number of hydrogen-bond acceptors (Lipinski definition) is 3. The molecule has 1 aromatic heterocycles. The normalized spacial score (nSPS) is 19.7. The van der Waals surface area contributed by atoms with Gasteiger partial charge in [-0.05, 0) is 73.4 Å². The summed E-state index contributed by atoms with van der Waals surface area (Å²) in [6.07, 6.45) is 14.5. The second-order valence-electron chi connectivity index (χ2n) is 9.03. The van der Waals surface area contributed by atoms with E-state index in [0.717, 1.165) is 36.9 Å². The molecule has 0 radical (unpaired) electrons. The number of methoxy groups -OCH3 is 1. The number of para-hydroxylation sites is 1. The number of fused-ring (bicyclic) bond motifs is 1. The molecule has 2 aromatic carbocycles. The molecular formula is C28H28N2O3. The highest BCUT2D eigenvalue weighted by Crippen LogP contribution is 2.43. The number of amides is 1. The number of ether oxygens (including phenoxy) is 1. The van der Waals surface area contributed by atoms with Crippen molar-refractivity contribution in [2.45, 2.75) is 32.1 Å². The van der Waals surface area contributed by atoms with Gasteiger partial charge in [-0.2, -0.15) is 0 Å². The molecule has 168 valence electrons. The van der Waals surface area contributed by atoms with Crippen LogP contribution in [0.15, 0.2) is 73.1 Å². The summed E-state index contributed by atoms with van der Waals surface area (Å²) in [5.41, 5.74) is 4.32. The van der Waals surface area contributed by atoms with Crippen LogP contribution >= 0.6 is 0 Å². The molecule has 5 nitrogen and oxygen atoms in total. The largest absolute Gasteiger partial charge is 0.495 e. The van der Waals surface area contributed by atoms with Crippen LogP contribution in [0.2, 0.25) is 0 Å². The second-order valence-corrected chi connectivity index (χ2v) is 9.03. The molecule has 0 saturated heterocycles. The molecule has 3 aromatic rings. The van der Waals surface area contributed by atoms with Gasteiger partial charge in [-0.15, -0.1) is 0 Å². The van der Waals surface area contributed by atoms with Gasteiger partial charge in [0, 0.05) is 35.8 Å². The SMILES string of the molecule is COc1cc(C(=O)N2CCC3(C=CCCC3)Cc3ccccc32)ccc1-n1ccc(C=O)c1. The third-order valence-corrected chi connectivity index (χ3v) is 6.98. The predicted molar refractivity (Wildman–Crippen MR) is 130 cm³/mol. The fourth-order valence-corrected chi connectivity index (χ4v) is 5.21. The van der Waals surface area contributed by atoms with Crippen LogP contribution in [-0.4, -0.2) is 30.4 Å². The summed E-state index contributed by atoms with van der Waals surface area (Å²) in [4.78, 5) is 26.7. The summed E-state index contributed by atoms with van der Waals surface area (Å²) >= 11 is 0. The molecule has 5 heteroatoms. The van der Waals surface area contributed by atoms with Crippen LogP contribution < -0.4 is 9.64 Å². The molecule has 1 aliphatic heterocycles. The van der Waals surface area contributed by atoms with E-state index in [1.165, 1.54) is 18.4 Å². The van der Waals surface area contributed by atoms with Crippen LogP contribution in [0.25, 0.3) is 5.69 Å². The molecule has 5 rings (SSSR count). The van der Waals surface area contributed by atoms with Gasteiger partial charge < -0.3 is 14.2 Å². The van der Waals surface area contributed by atoms with Crippen molar-refractivity contribution >= 4 is 17.9 Å². The van der Waals surface area contributed by atoms with Gasteiger partial charge in [-0.1, -0.05) is 30.4 Å². The molecule has 1 aliphatic carbocycles. The van der Waals surface area contributed by atoms with Crippen LogP contribution in [0.1, 0.15) is 52.0 Å². The average Bonchev–Trinajstić information content (AvgIpc) is 3.28. The van der Waals surface area contributed by atoms with Crippen molar-refractivity contribution in [2.24, 2.45) is 5.41 Å². The first-order chi connectivity index (χ1) is 16.1. The van der Waals surface area contributed by atoms with E-state index in [4.69, 9.17) is 4.74 Å². The molecule has 1 atom stereocenters. The number of hydrogen-bond donors (Lipinski definition) is 0. The van der Waals surface area contributed by atoms with Gasteiger partial charge in [0.05, 0.1) is 12.8 Å². The van der Waals surface area contributed by atoms with Crippen molar-refractivity contribution in [2.75, 3.05) is 18.6 Å². The molecule has 1 spiro atoms. The van der Waals surface area contributed by atoms with Crippen LogP contribution in [0.5, 0.6) is 5.75 Å². The fourth-order valence-electron chi connectivity index (χ4n) is 5.21. The van der Waals surface area contributed by atoms with E-state index < -0.39 is 0 Å². The Morgan fingerprint density at radius 3 is 2.73 bits per heavy atom. The third kappa shape index (κ3) is 3.99. The highest BCUT2D eigenvalue weighted by Gasteiger charge is 2.35. The summed E-state index contributed by atoms with van der Waals surface area (Å²) in [5, 5.41) is 0. The zero-order valence-corrected chi connectivity index (χ0v) is 18.9. The minimum absolute atomic E-state index is 0.0229. The second kappa shape index (κ2) is 8.74. The fraction of sp³-hybridized carbons (Fsp3) is 0.286. The molecule has 1 amide bonds. The molecule has 33 heavy (non-hydrogen) atoms. The summed E-state index contributed by atoms with van der Waals surface area (Å²) in [6, 6.07) is 15.5. The van der Waals surface area contributed by atoms with Crippen molar-refractivity contribution in [1.29, 1.82) is 0 Å². The Morgan fingerprint density at radius 2 is 1.97 bits per heavy atom. The maximum Gasteiger partial charge on any atom is 0.258 e. The number of carbonyl (C=O) groups is 2. The van der Waals surface area contributed by atoms with Crippen molar-refractivity contribution in [1.82, 2.24) is 4.57 Å². The summed E-state index contributed by atoms with van der Waals surface area (Å²) < 4.78 is 7.45. The Bertz CT molecular complexity index is 1230. The van der Waals surface area contributed by atoms with E-state index >= 15 is 0 Å². The zero-order chi connectivity index (χ0) is 22.8. The zero-order valence-electron chi connectivity index (χ0n) is 18.9. The lowest BCUT2D eigenvalue weighted by atomic mass is 9.72. The maximum atomic E-state index is 13.8. The summed E-state index contributed by atoms with van der Waals surface area (Å²) in [5.74, 6) is 0.564. The van der Waals surface area contributed by atoms with Crippen molar-refractivity contribution < 1.29 is 14.3 Å². The van der Waals surface area contributed by atoms with Crippen LogP contribution in [0, 0.1) is 5.41 Å². The predicted octanol–water partition coefficient (Wildman–Crippen LogP) is 5.62. The number of allylic oxidation sites excluding steroid dienone is 2. The summed E-state index contributed by atoms with van der Waals surface area (Å²) in [7, 11) is 1.59.